The average molecular weight is 268 g/mol. The lowest BCUT2D eigenvalue weighted by Gasteiger charge is -2.24. The van der Waals surface area contributed by atoms with E-state index >= 15 is 0 Å². The Labute approximate surface area is 116 Å². The summed E-state index contributed by atoms with van der Waals surface area (Å²) in [5.74, 6) is 0.888. The second kappa shape index (κ2) is 7.85. The van der Waals surface area contributed by atoms with Crippen LogP contribution in [0.25, 0.3) is 0 Å². The highest BCUT2D eigenvalue weighted by Gasteiger charge is 2.37. The van der Waals surface area contributed by atoms with Crippen LogP contribution in [0.15, 0.2) is 0 Å². The fourth-order valence-electron chi connectivity index (χ4n) is 3.24. The second-order valence-corrected chi connectivity index (χ2v) is 5.86. The highest BCUT2D eigenvalue weighted by atomic mass is 16.5. The fourth-order valence-corrected chi connectivity index (χ4v) is 3.24. The van der Waals surface area contributed by atoms with Crippen molar-refractivity contribution in [2.24, 2.45) is 5.92 Å². The van der Waals surface area contributed by atoms with Crippen molar-refractivity contribution in [3.05, 3.63) is 0 Å². The largest absolute Gasteiger partial charge is 0.380 e. The minimum absolute atomic E-state index is 0.0312. The molecule has 2 aliphatic rings. The van der Waals surface area contributed by atoms with E-state index in [4.69, 9.17) is 4.74 Å². The van der Waals surface area contributed by atoms with Crippen molar-refractivity contribution in [2.45, 2.75) is 64.0 Å². The van der Waals surface area contributed by atoms with Gasteiger partial charge in [-0.2, -0.15) is 0 Å². The summed E-state index contributed by atoms with van der Waals surface area (Å²) in [6.45, 7) is 4.22. The Balaban J connectivity index is 1.59. The molecular weight excluding hydrogens is 240 g/mol. The summed E-state index contributed by atoms with van der Waals surface area (Å²) in [5.41, 5.74) is 0. The van der Waals surface area contributed by atoms with Gasteiger partial charge in [-0.3, -0.25) is 4.79 Å². The van der Waals surface area contributed by atoms with Crippen LogP contribution >= 0.6 is 0 Å². The molecule has 1 saturated heterocycles. The molecule has 3 atom stereocenters. The molecule has 0 aromatic rings. The molecule has 0 radical (unpaired) electrons. The van der Waals surface area contributed by atoms with E-state index < -0.39 is 0 Å². The Morgan fingerprint density at radius 2 is 2.16 bits per heavy atom. The second-order valence-electron chi connectivity index (χ2n) is 5.86. The lowest BCUT2D eigenvalue weighted by Crippen LogP contribution is -2.44. The zero-order valence-electron chi connectivity index (χ0n) is 12.1. The first kappa shape index (κ1) is 14.8. The molecule has 0 bridgehead atoms. The normalized spacial score (nSPS) is 30.1. The number of unbranched alkanes of at least 4 members (excludes halogenated alkanes) is 1. The van der Waals surface area contributed by atoms with Crippen molar-refractivity contribution >= 4 is 5.91 Å². The number of fused-ring (bicyclic) bond motifs is 1. The molecule has 1 heterocycles. The van der Waals surface area contributed by atoms with Crippen LogP contribution in [-0.2, 0) is 9.53 Å². The number of carbonyl (C=O) groups excluding carboxylic acids is 1. The summed E-state index contributed by atoms with van der Waals surface area (Å²) in [4.78, 5) is 12.0. The maximum atomic E-state index is 12.0. The van der Waals surface area contributed by atoms with Crippen LogP contribution in [0, 0.1) is 5.92 Å². The van der Waals surface area contributed by atoms with Gasteiger partial charge < -0.3 is 15.4 Å². The predicted molar refractivity (Wildman–Crippen MR) is 76.0 cm³/mol. The molecule has 1 aliphatic heterocycles. The molecule has 3 unspecified atom stereocenters. The van der Waals surface area contributed by atoms with Crippen molar-refractivity contribution in [3.8, 4) is 0 Å². The zero-order chi connectivity index (χ0) is 13.5. The molecule has 1 saturated carbocycles. The Morgan fingerprint density at radius 3 is 2.95 bits per heavy atom. The van der Waals surface area contributed by atoms with Gasteiger partial charge in [0, 0.05) is 19.2 Å². The van der Waals surface area contributed by atoms with Gasteiger partial charge in [-0.25, -0.2) is 0 Å². The molecule has 1 amide bonds. The van der Waals surface area contributed by atoms with Gasteiger partial charge >= 0.3 is 0 Å². The van der Waals surface area contributed by atoms with Crippen LogP contribution in [0.3, 0.4) is 0 Å². The van der Waals surface area contributed by atoms with Gasteiger partial charge in [0.05, 0.1) is 12.6 Å². The highest BCUT2D eigenvalue weighted by Crippen LogP contribution is 2.33. The molecule has 0 aromatic heterocycles. The molecule has 110 valence electrons. The van der Waals surface area contributed by atoms with Crippen LogP contribution in [0.1, 0.15) is 51.9 Å². The SMILES string of the molecule is CCCCOCCNC(=O)C1CC2CCCCC2N1. The van der Waals surface area contributed by atoms with Crippen LogP contribution in [0.2, 0.25) is 0 Å². The van der Waals surface area contributed by atoms with E-state index in [1.165, 1.54) is 25.7 Å². The summed E-state index contributed by atoms with van der Waals surface area (Å²) >= 11 is 0. The van der Waals surface area contributed by atoms with Gasteiger partial charge in [0.25, 0.3) is 0 Å². The molecule has 2 rings (SSSR count). The zero-order valence-corrected chi connectivity index (χ0v) is 12.1. The van der Waals surface area contributed by atoms with Crippen molar-refractivity contribution in [1.82, 2.24) is 10.6 Å². The van der Waals surface area contributed by atoms with Gasteiger partial charge in [0.1, 0.15) is 0 Å². The van der Waals surface area contributed by atoms with E-state index in [2.05, 4.69) is 17.6 Å². The third-order valence-electron chi connectivity index (χ3n) is 4.37. The monoisotopic (exact) mass is 268 g/mol. The van der Waals surface area contributed by atoms with Gasteiger partial charge in [0.15, 0.2) is 0 Å². The maximum absolute atomic E-state index is 12.0. The van der Waals surface area contributed by atoms with E-state index in [0.29, 0.717) is 19.2 Å². The smallest absolute Gasteiger partial charge is 0.237 e. The van der Waals surface area contributed by atoms with Crippen molar-refractivity contribution in [2.75, 3.05) is 19.8 Å². The average Bonchev–Trinajstić information content (AvgIpc) is 2.86. The first-order valence-corrected chi connectivity index (χ1v) is 7.92. The van der Waals surface area contributed by atoms with Gasteiger partial charge in [-0.05, 0) is 31.6 Å². The maximum Gasteiger partial charge on any atom is 0.237 e. The molecule has 4 nitrogen and oxygen atoms in total. The first-order valence-electron chi connectivity index (χ1n) is 7.92. The predicted octanol–water partition coefficient (Wildman–Crippen LogP) is 1.84. The molecule has 19 heavy (non-hydrogen) atoms. The van der Waals surface area contributed by atoms with Gasteiger partial charge in [-0.15, -0.1) is 0 Å². The number of nitrogens with one attached hydrogen (secondary N) is 2. The number of hydrogen-bond donors (Lipinski definition) is 2. The summed E-state index contributed by atoms with van der Waals surface area (Å²) in [6.07, 6.45) is 8.46. The molecule has 1 aliphatic carbocycles. The molecule has 4 heteroatoms. The Morgan fingerprint density at radius 1 is 1.32 bits per heavy atom. The lowest BCUT2D eigenvalue weighted by atomic mass is 9.85. The van der Waals surface area contributed by atoms with E-state index in [-0.39, 0.29) is 11.9 Å². The number of carbonyl (C=O) groups is 1. The minimum atomic E-state index is 0.0312. The summed E-state index contributed by atoms with van der Waals surface area (Å²) < 4.78 is 5.45. The quantitative estimate of drug-likeness (QED) is 0.693. The van der Waals surface area contributed by atoms with E-state index in [1.54, 1.807) is 0 Å². The summed E-state index contributed by atoms with van der Waals surface area (Å²) in [6, 6.07) is 0.619. The third-order valence-corrected chi connectivity index (χ3v) is 4.37. The lowest BCUT2D eigenvalue weighted by molar-refractivity contribution is -0.123. The van der Waals surface area contributed by atoms with Gasteiger partial charge in [-0.1, -0.05) is 26.2 Å². The summed E-state index contributed by atoms with van der Waals surface area (Å²) in [7, 11) is 0. The highest BCUT2D eigenvalue weighted by molar-refractivity contribution is 5.82. The molecule has 2 fully saturated rings. The Bertz CT molecular complexity index is 269. The molecular formula is C15H28N2O2. The minimum Gasteiger partial charge on any atom is -0.380 e. The molecule has 0 aromatic carbocycles. The van der Waals surface area contributed by atoms with Crippen LogP contribution < -0.4 is 10.6 Å². The molecule has 0 spiro atoms. The van der Waals surface area contributed by atoms with Crippen LogP contribution in [-0.4, -0.2) is 37.7 Å². The standard InChI is InChI=1S/C15H28N2O2/c1-2-3-9-19-10-8-16-15(18)14-11-12-6-4-5-7-13(12)17-14/h12-14,17H,2-11H2,1H3,(H,16,18). The van der Waals surface area contributed by atoms with Crippen LogP contribution in [0.4, 0.5) is 0 Å². The number of ether oxygens (including phenoxy) is 1. The fraction of sp³-hybridized carbons (Fsp3) is 0.933. The summed E-state index contributed by atoms with van der Waals surface area (Å²) in [5, 5.41) is 6.49. The van der Waals surface area contributed by atoms with Crippen molar-refractivity contribution < 1.29 is 9.53 Å². The topological polar surface area (TPSA) is 50.4 Å². The molecule has 2 N–H and O–H groups in total. The van der Waals surface area contributed by atoms with Gasteiger partial charge in [0.2, 0.25) is 5.91 Å². The first-order chi connectivity index (χ1) is 9.31. The van der Waals surface area contributed by atoms with E-state index in [9.17, 15) is 4.79 Å². The number of rotatable bonds is 7. The van der Waals surface area contributed by atoms with E-state index in [1.807, 2.05) is 0 Å². The van der Waals surface area contributed by atoms with E-state index in [0.717, 1.165) is 31.8 Å². The van der Waals surface area contributed by atoms with Crippen molar-refractivity contribution in [1.29, 1.82) is 0 Å². The Hall–Kier alpha value is -0.610. The number of amides is 1. The Kier molecular flexibility index (Phi) is 6.11. The number of hydrogen-bond acceptors (Lipinski definition) is 3. The third kappa shape index (κ3) is 4.46. The van der Waals surface area contributed by atoms with Crippen molar-refractivity contribution in [3.63, 3.8) is 0 Å². The van der Waals surface area contributed by atoms with Crippen LogP contribution in [0.5, 0.6) is 0 Å².